The van der Waals surface area contributed by atoms with Crippen molar-refractivity contribution in [2.24, 2.45) is 0 Å². The first-order valence-corrected chi connectivity index (χ1v) is 9.20. The Morgan fingerprint density at radius 2 is 1.39 bits per heavy atom. The molecule has 0 bridgehead atoms. The SMILES string of the molecule is FC(F)Oc1ccc([C@H](NC(=S)NCc2ccccc2)c2ccccc2)cc1. The predicted molar refractivity (Wildman–Crippen MR) is 110 cm³/mol. The van der Waals surface area contributed by atoms with E-state index < -0.39 is 6.61 Å². The van der Waals surface area contributed by atoms with Gasteiger partial charge in [0.2, 0.25) is 0 Å². The third-order valence-electron chi connectivity index (χ3n) is 4.14. The van der Waals surface area contributed by atoms with Gasteiger partial charge in [0.25, 0.3) is 0 Å². The van der Waals surface area contributed by atoms with Crippen LogP contribution in [0, 0.1) is 0 Å². The molecule has 6 heteroatoms. The van der Waals surface area contributed by atoms with E-state index in [0.717, 1.165) is 16.7 Å². The molecule has 144 valence electrons. The van der Waals surface area contributed by atoms with Crippen LogP contribution in [-0.2, 0) is 6.54 Å². The number of hydrogen-bond donors (Lipinski definition) is 2. The minimum absolute atomic E-state index is 0.121. The molecule has 0 radical (unpaired) electrons. The summed E-state index contributed by atoms with van der Waals surface area (Å²) in [4.78, 5) is 0. The average molecular weight is 398 g/mol. The van der Waals surface area contributed by atoms with E-state index in [-0.39, 0.29) is 11.8 Å². The standard InChI is InChI=1S/C22H20F2N2OS/c23-21(24)27-19-13-11-18(12-14-19)20(17-9-5-2-6-10-17)26-22(28)25-15-16-7-3-1-4-8-16/h1-14,20-21H,15H2,(H2,25,26,28)/t20-/m1/s1. The summed E-state index contributed by atoms with van der Waals surface area (Å²) in [6, 6.07) is 26.1. The lowest BCUT2D eigenvalue weighted by atomic mass is 9.99. The fourth-order valence-corrected chi connectivity index (χ4v) is 3.00. The second kappa shape index (κ2) is 9.80. The zero-order valence-corrected chi connectivity index (χ0v) is 15.8. The molecule has 3 aromatic rings. The molecule has 0 unspecified atom stereocenters. The molecule has 0 spiro atoms. The molecule has 0 aromatic heterocycles. The highest BCUT2D eigenvalue weighted by molar-refractivity contribution is 7.80. The van der Waals surface area contributed by atoms with Crippen molar-refractivity contribution in [3.63, 3.8) is 0 Å². The second-order valence-corrected chi connectivity index (χ2v) is 6.51. The zero-order valence-electron chi connectivity index (χ0n) is 15.0. The van der Waals surface area contributed by atoms with Crippen LogP contribution in [0.4, 0.5) is 8.78 Å². The molecule has 3 nitrogen and oxygen atoms in total. The summed E-state index contributed by atoms with van der Waals surface area (Å²) in [6.07, 6.45) is 0. The van der Waals surface area contributed by atoms with Crippen LogP contribution in [-0.4, -0.2) is 11.7 Å². The van der Waals surface area contributed by atoms with Gasteiger partial charge in [-0.2, -0.15) is 8.78 Å². The number of rotatable bonds is 7. The van der Waals surface area contributed by atoms with E-state index in [2.05, 4.69) is 15.4 Å². The minimum atomic E-state index is -2.84. The second-order valence-electron chi connectivity index (χ2n) is 6.10. The molecule has 0 heterocycles. The molecule has 2 N–H and O–H groups in total. The fourth-order valence-electron chi connectivity index (χ4n) is 2.81. The summed E-state index contributed by atoms with van der Waals surface area (Å²) < 4.78 is 29.2. The third kappa shape index (κ3) is 5.76. The first-order chi connectivity index (χ1) is 13.6. The highest BCUT2D eigenvalue weighted by atomic mass is 32.1. The number of halogens is 2. The summed E-state index contributed by atoms with van der Waals surface area (Å²) in [5.74, 6) is 0.121. The molecule has 28 heavy (non-hydrogen) atoms. The van der Waals surface area contributed by atoms with E-state index >= 15 is 0 Å². The summed E-state index contributed by atoms with van der Waals surface area (Å²) in [5, 5.41) is 7.02. The molecule has 0 amide bonds. The summed E-state index contributed by atoms with van der Waals surface area (Å²) in [6.45, 7) is -2.24. The highest BCUT2D eigenvalue weighted by Crippen LogP contribution is 2.24. The zero-order chi connectivity index (χ0) is 19.8. The monoisotopic (exact) mass is 398 g/mol. The Morgan fingerprint density at radius 1 is 0.821 bits per heavy atom. The van der Waals surface area contributed by atoms with Gasteiger partial charge >= 0.3 is 6.61 Å². The number of ether oxygens (including phenoxy) is 1. The van der Waals surface area contributed by atoms with Crippen LogP contribution < -0.4 is 15.4 Å². The van der Waals surface area contributed by atoms with E-state index in [9.17, 15) is 8.78 Å². The van der Waals surface area contributed by atoms with Gasteiger partial charge in [0.05, 0.1) is 6.04 Å². The average Bonchev–Trinajstić information content (AvgIpc) is 2.72. The molecule has 1 atom stereocenters. The van der Waals surface area contributed by atoms with Crippen molar-refractivity contribution in [1.82, 2.24) is 10.6 Å². The molecular weight excluding hydrogens is 378 g/mol. The third-order valence-corrected chi connectivity index (χ3v) is 4.41. The number of nitrogens with one attached hydrogen (secondary N) is 2. The Morgan fingerprint density at radius 3 is 2.00 bits per heavy atom. The van der Waals surface area contributed by atoms with Crippen LogP contribution in [0.3, 0.4) is 0 Å². The molecule has 0 saturated heterocycles. The van der Waals surface area contributed by atoms with Gasteiger partial charge < -0.3 is 15.4 Å². The first kappa shape index (κ1) is 19.8. The first-order valence-electron chi connectivity index (χ1n) is 8.80. The number of benzene rings is 3. The minimum Gasteiger partial charge on any atom is -0.435 e. The van der Waals surface area contributed by atoms with Crippen molar-refractivity contribution in [2.75, 3.05) is 0 Å². The van der Waals surface area contributed by atoms with Crippen LogP contribution >= 0.6 is 12.2 Å². The Hall–Kier alpha value is -2.99. The molecular formula is C22H20F2N2OS. The molecule has 0 saturated carbocycles. The van der Waals surface area contributed by atoms with Crippen molar-refractivity contribution in [2.45, 2.75) is 19.2 Å². The Bertz CT molecular complexity index is 874. The topological polar surface area (TPSA) is 33.3 Å². The van der Waals surface area contributed by atoms with Gasteiger partial charge in [-0.1, -0.05) is 72.8 Å². The lowest BCUT2D eigenvalue weighted by molar-refractivity contribution is -0.0498. The Balaban J connectivity index is 1.73. The van der Waals surface area contributed by atoms with E-state index in [1.165, 1.54) is 12.1 Å². The number of thiocarbonyl (C=S) groups is 1. The van der Waals surface area contributed by atoms with Crippen LogP contribution in [0.2, 0.25) is 0 Å². The van der Waals surface area contributed by atoms with Gasteiger partial charge in [-0.05, 0) is 41.0 Å². The molecule has 0 fully saturated rings. The Labute approximate surface area is 168 Å². The quantitative estimate of drug-likeness (QED) is 0.546. The van der Waals surface area contributed by atoms with Gasteiger partial charge in [0.1, 0.15) is 5.75 Å². The van der Waals surface area contributed by atoms with Crippen molar-refractivity contribution in [1.29, 1.82) is 0 Å². The maximum atomic E-state index is 12.4. The van der Waals surface area contributed by atoms with E-state index in [1.54, 1.807) is 12.1 Å². The largest absolute Gasteiger partial charge is 0.435 e. The van der Waals surface area contributed by atoms with Gasteiger partial charge in [-0.15, -0.1) is 0 Å². The maximum Gasteiger partial charge on any atom is 0.387 e. The van der Waals surface area contributed by atoms with Crippen molar-refractivity contribution < 1.29 is 13.5 Å². The van der Waals surface area contributed by atoms with E-state index in [0.29, 0.717) is 11.7 Å². The van der Waals surface area contributed by atoms with E-state index in [1.807, 2.05) is 60.7 Å². The van der Waals surface area contributed by atoms with Crippen LogP contribution in [0.15, 0.2) is 84.9 Å². The van der Waals surface area contributed by atoms with Crippen LogP contribution in [0.1, 0.15) is 22.7 Å². The van der Waals surface area contributed by atoms with Crippen LogP contribution in [0.25, 0.3) is 0 Å². The highest BCUT2D eigenvalue weighted by Gasteiger charge is 2.15. The molecule has 0 aliphatic rings. The summed E-state index contributed by atoms with van der Waals surface area (Å²) in [5.41, 5.74) is 3.02. The van der Waals surface area contributed by atoms with Gasteiger partial charge in [-0.25, -0.2) is 0 Å². The summed E-state index contributed by atoms with van der Waals surface area (Å²) in [7, 11) is 0. The Kier molecular flexibility index (Phi) is 6.92. The molecule has 0 aliphatic carbocycles. The molecule has 3 aromatic carbocycles. The van der Waals surface area contributed by atoms with Gasteiger partial charge in [0, 0.05) is 6.54 Å². The molecule has 3 rings (SSSR count). The van der Waals surface area contributed by atoms with Gasteiger partial charge in [0.15, 0.2) is 5.11 Å². The number of alkyl halides is 2. The summed E-state index contributed by atoms with van der Waals surface area (Å²) >= 11 is 5.47. The fraction of sp³-hybridized carbons (Fsp3) is 0.136. The lowest BCUT2D eigenvalue weighted by Crippen LogP contribution is -2.37. The van der Waals surface area contributed by atoms with Crippen molar-refractivity contribution in [3.8, 4) is 5.75 Å². The van der Waals surface area contributed by atoms with Crippen molar-refractivity contribution in [3.05, 3.63) is 102 Å². The maximum absolute atomic E-state index is 12.4. The van der Waals surface area contributed by atoms with E-state index in [4.69, 9.17) is 12.2 Å². The molecule has 0 aliphatic heterocycles. The smallest absolute Gasteiger partial charge is 0.387 e. The number of hydrogen-bond acceptors (Lipinski definition) is 2. The van der Waals surface area contributed by atoms with Crippen LogP contribution in [0.5, 0.6) is 5.75 Å². The predicted octanol–water partition coefficient (Wildman–Crippen LogP) is 5.04. The lowest BCUT2D eigenvalue weighted by Gasteiger charge is -2.22. The van der Waals surface area contributed by atoms with Crippen molar-refractivity contribution >= 4 is 17.3 Å². The normalized spacial score (nSPS) is 11.7. The van der Waals surface area contributed by atoms with Gasteiger partial charge in [-0.3, -0.25) is 0 Å².